The molecule has 0 bridgehead atoms. The molecule has 2 aliphatic rings. The molecule has 120 valence electrons. The Morgan fingerprint density at radius 2 is 2.17 bits per heavy atom. The van der Waals surface area contributed by atoms with E-state index in [-0.39, 0.29) is 29.4 Å². The second kappa shape index (κ2) is 5.49. The number of nitrogens with zero attached hydrogens (tertiary/aromatic N) is 1. The summed E-state index contributed by atoms with van der Waals surface area (Å²) in [6.45, 7) is 1.39. The van der Waals surface area contributed by atoms with Crippen molar-refractivity contribution in [1.82, 2.24) is 4.98 Å². The number of hydrogen-bond donors (Lipinski definition) is 1. The van der Waals surface area contributed by atoms with Gasteiger partial charge in [-0.15, -0.1) is 11.3 Å². The fraction of sp³-hybridized carbons (Fsp3) is 0.444. The third-order valence-corrected chi connectivity index (χ3v) is 6.00. The summed E-state index contributed by atoms with van der Waals surface area (Å²) in [7, 11) is 0. The van der Waals surface area contributed by atoms with Crippen molar-refractivity contribution in [1.29, 1.82) is 0 Å². The summed E-state index contributed by atoms with van der Waals surface area (Å²) in [6.07, 6.45) is 4.12. The summed E-state index contributed by atoms with van der Waals surface area (Å²) in [6, 6.07) is 5.52. The maximum Gasteiger partial charge on any atom is 0.162 e. The van der Waals surface area contributed by atoms with Crippen LogP contribution in [0, 0.1) is 18.7 Å². The van der Waals surface area contributed by atoms with Crippen LogP contribution in [-0.4, -0.2) is 22.5 Å². The van der Waals surface area contributed by atoms with Crippen LogP contribution in [0.3, 0.4) is 0 Å². The molecule has 2 aromatic heterocycles. The molecule has 0 radical (unpaired) electrons. The Hall–Kier alpha value is -1.59. The average molecular weight is 331 g/mol. The molecule has 0 aliphatic heterocycles. The van der Waals surface area contributed by atoms with Crippen LogP contribution >= 0.6 is 11.3 Å². The molecule has 2 aliphatic carbocycles. The van der Waals surface area contributed by atoms with E-state index in [1.807, 2.05) is 13.0 Å². The SMILES string of the molecule is Cc1cc(F)c([C@H]2[C@@H](C(=O)CO)[C@@H]2c2ccnc(C3CC3)c2)s1. The Bertz CT molecular complexity index is 768. The number of aliphatic hydroxyl groups is 1. The van der Waals surface area contributed by atoms with Gasteiger partial charge in [0.25, 0.3) is 0 Å². The predicted molar refractivity (Wildman–Crippen MR) is 86.3 cm³/mol. The van der Waals surface area contributed by atoms with Crippen molar-refractivity contribution < 1.29 is 14.3 Å². The standard InChI is InChI=1S/C18H18FNO2S/c1-9-6-12(19)18(23-9)17-15(16(17)14(22)8-21)11-4-5-20-13(7-11)10-2-3-10/h4-7,10,15-17,21H,2-3,8H2,1H3/t15-,16-,17+/m0/s1. The van der Waals surface area contributed by atoms with E-state index in [2.05, 4.69) is 11.1 Å². The number of thiophene rings is 1. The molecule has 0 amide bonds. The summed E-state index contributed by atoms with van der Waals surface area (Å²) in [5, 5.41) is 9.25. The number of Topliss-reactive ketones (excluding diaryl/α,β-unsaturated/α-hetero) is 1. The van der Waals surface area contributed by atoms with Gasteiger partial charge in [-0.1, -0.05) is 0 Å². The summed E-state index contributed by atoms with van der Waals surface area (Å²) in [5.74, 6) is -0.394. The Morgan fingerprint density at radius 1 is 1.39 bits per heavy atom. The molecule has 3 nitrogen and oxygen atoms in total. The first-order valence-corrected chi connectivity index (χ1v) is 8.77. The molecular formula is C18H18FNO2S. The minimum Gasteiger partial charge on any atom is -0.389 e. The van der Waals surface area contributed by atoms with Gasteiger partial charge in [0.1, 0.15) is 12.4 Å². The Labute approximate surface area is 138 Å². The largest absolute Gasteiger partial charge is 0.389 e. The van der Waals surface area contributed by atoms with Crippen molar-refractivity contribution >= 4 is 17.1 Å². The first-order valence-electron chi connectivity index (χ1n) is 7.95. The third kappa shape index (κ3) is 2.62. The molecule has 23 heavy (non-hydrogen) atoms. The Kier molecular flexibility index (Phi) is 3.58. The molecule has 0 unspecified atom stereocenters. The molecule has 0 spiro atoms. The monoisotopic (exact) mass is 331 g/mol. The van der Waals surface area contributed by atoms with Crippen molar-refractivity contribution in [3.8, 4) is 0 Å². The van der Waals surface area contributed by atoms with E-state index < -0.39 is 6.61 Å². The van der Waals surface area contributed by atoms with E-state index in [1.165, 1.54) is 30.2 Å². The van der Waals surface area contributed by atoms with Gasteiger partial charge in [-0.2, -0.15) is 0 Å². The molecule has 2 saturated carbocycles. The number of pyridine rings is 1. The van der Waals surface area contributed by atoms with Crippen molar-refractivity contribution in [3.63, 3.8) is 0 Å². The highest BCUT2D eigenvalue weighted by atomic mass is 32.1. The smallest absolute Gasteiger partial charge is 0.162 e. The van der Waals surface area contributed by atoms with Crippen LogP contribution in [0.4, 0.5) is 4.39 Å². The molecule has 2 heterocycles. The summed E-state index contributed by atoms with van der Waals surface area (Å²) >= 11 is 1.41. The highest BCUT2D eigenvalue weighted by molar-refractivity contribution is 7.12. The fourth-order valence-electron chi connectivity index (χ4n) is 3.56. The normalized spacial score (nSPS) is 26.3. The summed E-state index contributed by atoms with van der Waals surface area (Å²) < 4.78 is 14.2. The lowest BCUT2D eigenvalue weighted by Gasteiger charge is -2.03. The van der Waals surface area contributed by atoms with Gasteiger partial charge < -0.3 is 5.11 Å². The van der Waals surface area contributed by atoms with Crippen LogP contribution < -0.4 is 0 Å². The number of ketones is 1. The van der Waals surface area contributed by atoms with Gasteiger partial charge in [-0.05, 0) is 43.5 Å². The van der Waals surface area contributed by atoms with Gasteiger partial charge in [-0.25, -0.2) is 4.39 Å². The second-order valence-electron chi connectivity index (χ2n) is 6.56. The highest BCUT2D eigenvalue weighted by Crippen LogP contribution is 2.62. The van der Waals surface area contributed by atoms with E-state index in [4.69, 9.17) is 0 Å². The van der Waals surface area contributed by atoms with E-state index in [9.17, 15) is 14.3 Å². The first-order chi connectivity index (χ1) is 11.1. The number of hydrogen-bond acceptors (Lipinski definition) is 4. The van der Waals surface area contributed by atoms with Gasteiger partial charge in [0, 0.05) is 45.3 Å². The summed E-state index contributed by atoms with van der Waals surface area (Å²) in [5.41, 5.74) is 2.12. The zero-order valence-electron chi connectivity index (χ0n) is 12.8. The molecule has 2 aromatic rings. The molecule has 1 N–H and O–H groups in total. The van der Waals surface area contributed by atoms with Gasteiger partial charge in [0.05, 0.1) is 0 Å². The van der Waals surface area contributed by atoms with Gasteiger partial charge >= 0.3 is 0 Å². The van der Waals surface area contributed by atoms with Crippen molar-refractivity contribution in [2.24, 2.45) is 5.92 Å². The lowest BCUT2D eigenvalue weighted by molar-refractivity contribution is -0.123. The second-order valence-corrected chi connectivity index (χ2v) is 7.85. The van der Waals surface area contributed by atoms with Crippen LogP contribution in [0.1, 0.15) is 51.6 Å². The van der Waals surface area contributed by atoms with Crippen LogP contribution in [0.2, 0.25) is 0 Å². The molecule has 5 heteroatoms. The van der Waals surface area contributed by atoms with Crippen LogP contribution in [0.25, 0.3) is 0 Å². The maximum absolute atomic E-state index is 14.2. The number of aliphatic hydroxyl groups excluding tert-OH is 1. The van der Waals surface area contributed by atoms with Gasteiger partial charge in [-0.3, -0.25) is 9.78 Å². The molecule has 3 atom stereocenters. The first kappa shape index (κ1) is 15.0. The highest BCUT2D eigenvalue weighted by Gasteiger charge is 2.57. The Morgan fingerprint density at radius 3 is 2.78 bits per heavy atom. The van der Waals surface area contributed by atoms with E-state index in [0.717, 1.165) is 16.1 Å². The van der Waals surface area contributed by atoms with E-state index >= 15 is 0 Å². The van der Waals surface area contributed by atoms with Gasteiger partial charge in [0.15, 0.2) is 5.78 Å². The van der Waals surface area contributed by atoms with E-state index in [0.29, 0.717) is 10.8 Å². The van der Waals surface area contributed by atoms with Crippen molar-refractivity contribution in [2.75, 3.05) is 6.61 Å². The van der Waals surface area contributed by atoms with Crippen LogP contribution in [-0.2, 0) is 4.79 Å². The quantitative estimate of drug-likeness (QED) is 0.912. The zero-order chi connectivity index (χ0) is 16.1. The number of halogens is 1. The Balaban J connectivity index is 1.69. The number of aryl methyl sites for hydroxylation is 1. The number of carbonyl (C=O) groups is 1. The third-order valence-electron chi connectivity index (χ3n) is 4.87. The topological polar surface area (TPSA) is 50.2 Å². The van der Waals surface area contributed by atoms with Crippen molar-refractivity contribution in [2.45, 2.75) is 37.5 Å². The average Bonchev–Trinajstić information content (AvgIpc) is 3.44. The number of rotatable bonds is 5. The molecule has 0 saturated heterocycles. The molecule has 4 rings (SSSR count). The summed E-state index contributed by atoms with van der Waals surface area (Å²) in [4.78, 5) is 18.1. The van der Waals surface area contributed by atoms with Gasteiger partial charge in [0.2, 0.25) is 0 Å². The van der Waals surface area contributed by atoms with Crippen molar-refractivity contribution in [3.05, 3.63) is 51.2 Å². The fourth-order valence-corrected chi connectivity index (χ4v) is 4.66. The minimum absolute atomic E-state index is 0.0392. The van der Waals surface area contributed by atoms with Crippen LogP contribution in [0.15, 0.2) is 24.4 Å². The molecular weight excluding hydrogens is 313 g/mol. The van der Waals surface area contributed by atoms with Crippen LogP contribution in [0.5, 0.6) is 0 Å². The molecule has 0 aromatic carbocycles. The lowest BCUT2D eigenvalue weighted by atomic mass is 10.1. The minimum atomic E-state index is -0.482. The molecule has 2 fully saturated rings. The lowest BCUT2D eigenvalue weighted by Crippen LogP contribution is -2.08. The maximum atomic E-state index is 14.2. The predicted octanol–water partition coefficient (Wildman–Crippen LogP) is 3.53. The number of carbonyl (C=O) groups excluding carboxylic acids is 1. The number of aromatic nitrogens is 1. The van der Waals surface area contributed by atoms with E-state index in [1.54, 1.807) is 6.20 Å². The zero-order valence-corrected chi connectivity index (χ0v) is 13.6.